The second kappa shape index (κ2) is 19.8. The summed E-state index contributed by atoms with van der Waals surface area (Å²) >= 11 is 0. The minimum atomic E-state index is -4.14. The van der Waals surface area contributed by atoms with E-state index in [4.69, 9.17) is 9.94 Å². The van der Waals surface area contributed by atoms with Gasteiger partial charge in [0.1, 0.15) is 24.0 Å². The Bertz CT molecular complexity index is 1900. The predicted molar refractivity (Wildman–Crippen MR) is 212 cm³/mol. The zero-order chi connectivity index (χ0) is 41.8. The molecule has 0 saturated heterocycles. The van der Waals surface area contributed by atoms with Crippen LogP contribution in [0.5, 0.6) is 0 Å². The van der Waals surface area contributed by atoms with Gasteiger partial charge in [0.15, 0.2) is 0 Å². The van der Waals surface area contributed by atoms with Crippen LogP contribution >= 0.6 is 0 Å². The van der Waals surface area contributed by atoms with Crippen molar-refractivity contribution in [3.63, 3.8) is 0 Å². The molecule has 0 aliphatic heterocycles. The summed E-state index contributed by atoms with van der Waals surface area (Å²) in [6, 6.07) is 18.2. The molecule has 0 unspecified atom stereocenters. The van der Waals surface area contributed by atoms with Crippen LogP contribution in [-0.4, -0.2) is 95.5 Å². The van der Waals surface area contributed by atoms with Gasteiger partial charge in [0.25, 0.3) is 0 Å². The normalized spacial score (nSPS) is 14.0. The van der Waals surface area contributed by atoms with Gasteiger partial charge in [0.2, 0.25) is 21.8 Å². The molecule has 0 spiro atoms. The van der Waals surface area contributed by atoms with Gasteiger partial charge in [0.05, 0.1) is 23.3 Å². The summed E-state index contributed by atoms with van der Waals surface area (Å²) in [5.74, 6) is -1.96. The maximum Gasteiger partial charge on any atom is 0.411 e. The average Bonchev–Trinajstić information content (AvgIpc) is 3.09. The summed E-state index contributed by atoms with van der Waals surface area (Å²) in [5.41, 5.74) is -0.0925. The Balaban J connectivity index is 1.90. The number of aliphatic hydroxyl groups is 1. The molecule has 3 aromatic carbocycles. The maximum absolute atomic E-state index is 14.2. The topological polar surface area (TPSA) is 178 Å². The summed E-state index contributed by atoms with van der Waals surface area (Å²) in [5, 5.41) is 29.3. The Morgan fingerprint density at radius 2 is 1.52 bits per heavy atom. The highest BCUT2D eigenvalue weighted by molar-refractivity contribution is 7.89. The standard InChI is InChI=1S/C41H56FN5O8S/c1-28(2)24-47(56(53,54)33-19-17-30(18-20-33)23-43-52)26-35(48)34(22-29-13-10-9-11-14-29)44-38(50)37(40(3,4)5)45-36(49)27-46(39(51)55-41(6,7)8)25-31-15-12-16-32(42)21-31/h9-21,23,28,34-35,37,48,52H,22,24-27H2,1-8H3,(H,44,50)(H,45,49)/t34-,35+,37+/m0/s1. The van der Waals surface area contributed by atoms with E-state index in [2.05, 4.69) is 15.8 Å². The number of nitrogens with one attached hydrogen (secondary N) is 2. The third kappa shape index (κ3) is 14.3. The van der Waals surface area contributed by atoms with Crippen molar-refractivity contribution >= 4 is 34.1 Å². The second-order valence-electron chi connectivity index (χ2n) is 16.2. The SMILES string of the molecule is CC(C)CN(C[C@@H](O)[C@H](Cc1ccccc1)NC(=O)[C@@H](NC(=O)CN(Cc1cccc(F)c1)C(=O)OC(C)(C)C)C(C)(C)C)S(=O)(=O)c1ccc(C=NO)cc1. The van der Waals surface area contributed by atoms with E-state index in [-0.39, 0.29) is 36.9 Å². The number of rotatable bonds is 17. The second-order valence-corrected chi connectivity index (χ2v) is 18.2. The Hall–Kier alpha value is -4.86. The zero-order valence-corrected chi connectivity index (χ0v) is 34.2. The third-order valence-corrected chi connectivity index (χ3v) is 10.3. The minimum Gasteiger partial charge on any atom is -0.444 e. The summed E-state index contributed by atoms with van der Waals surface area (Å²) in [6.07, 6.45) is -0.918. The third-order valence-electron chi connectivity index (χ3n) is 8.46. The van der Waals surface area contributed by atoms with Gasteiger partial charge in [-0.1, -0.05) is 94.4 Å². The number of benzene rings is 3. The minimum absolute atomic E-state index is 0.0302. The van der Waals surface area contributed by atoms with Crippen molar-refractivity contribution in [3.05, 3.63) is 101 Å². The zero-order valence-electron chi connectivity index (χ0n) is 33.4. The first kappa shape index (κ1) is 45.5. The van der Waals surface area contributed by atoms with Gasteiger partial charge in [0, 0.05) is 19.6 Å². The number of nitrogens with zero attached hydrogens (tertiary/aromatic N) is 3. The smallest absolute Gasteiger partial charge is 0.411 e. The highest BCUT2D eigenvalue weighted by Crippen LogP contribution is 2.23. The lowest BCUT2D eigenvalue weighted by atomic mass is 9.85. The molecule has 0 heterocycles. The monoisotopic (exact) mass is 797 g/mol. The maximum atomic E-state index is 14.2. The summed E-state index contributed by atoms with van der Waals surface area (Å²) in [6.45, 7) is 13.0. The van der Waals surface area contributed by atoms with E-state index >= 15 is 0 Å². The average molecular weight is 798 g/mol. The Kier molecular flexibility index (Phi) is 16.1. The van der Waals surface area contributed by atoms with Crippen molar-refractivity contribution in [1.82, 2.24) is 19.8 Å². The summed E-state index contributed by atoms with van der Waals surface area (Å²) < 4.78 is 48.6. The molecule has 0 aliphatic rings. The molecule has 4 N–H and O–H groups in total. The van der Waals surface area contributed by atoms with Gasteiger partial charge >= 0.3 is 6.09 Å². The highest BCUT2D eigenvalue weighted by atomic mass is 32.2. The fraction of sp³-hybridized carbons (Fsp3) is 0.463. The number of amides is 3. The van der Waals surface area contributed by atoms with Crippen LogP contribution in [0, 0.1) is 17.2 Å². The molecule has 0 radical (unpaired) electrons. The molecule has 15 heteroatoms. The van der Waals surface area contributed by atoms with Crippen molar-refractivity contribution in [1.29, 1.82) is 0 Å². The van der Waals surface area contributed by atoms with Crippen LogP contribution in [0.25, 0.3) is 0 Å². The van der Waals surface area contributed by atoms with E-state index < -0.39 is 69.5 Å². The highest BCUT2D eigenvalue weighted by Gasteiger charge is 2.37. The molecule has 306 valence electrons. The molecule has 0 aliphatic carbocycles. The van der Waals surface area contributed by atoms with E-state index in [0.29, 0.717) is 11.1 Å². The van der Waals surface area contributed by atoms with Crippen LogP contribution in [0.3, 0.4) is 0 Å². The largest absolute Gasteiger partial charge is 0.444 e. The lowest BCUT2D eigenvalue weighted by Crippen LogP contribution is -2.59. The van der Waals surface area contributed by atoms with Crippen molar-refractivity contribution in [2.24, 2.45) is 16.5 Å². The first-order chi connectivity index (χ1) is 26.1. The number of hydrogen-bond acceptors (Lipinski definition) is 9. The van der Waals surface area contributed by atoms with E-state index in [9.17, 15) is 32.3 Å². The first-order valence-corrected chi connectivity index (χ1v) is 19.8. The van der Waals surface area contributed by atoms with Gasteiger partial charge < -0.3 is 25.7 Å². The van der Waals surface area contributed by atoms with Crippen molar-refractivity contribution < 1.29 is 42.2 Å². The van der Waals surface area contributed by atoms with Crippen LogP contribution < -0.4 is 10.6 Å². The lowest BCUT2D eigenvalue weighted by Gasteiger charge is -2.35. The molecule has 3 atom stereocenters. The van der Waals surface area contributed by atoms with Crippen LogP contribution in [0.2, 0.25) is 0 Å². The molecule has 56 heavy (non-hydrogen) atoms. The molecule has 3 aromatic rings. The fourth-order valence-corrected chi connectivity index (χ4v) is 7.42. The number of aliphatic hydroxyl groups excluding tert-OH is 1. The number of halogens is 1. The fourth-order valence-electron chi connectivity index (χ4n) is 5.80. The molecular formula is C41H56FN5O8S. The van der Waals surface area contributed by atoms with Crippen LogP contribution in [0.1, 0.15) is 72.1 Å². The lowest BCUT2D eigenvalue weighted by molar-refractivity contribution is -0.133. The number of sulfonamides is 1. The Morgan fingerprint density at radius 3 is 2.07 bits per heavy atom. The van der Waals surface area contributed by atoms with E-state index in [1.54, 1.807) is 59.7 Å². The van der Waals surface area contributed by atoms with Gasteiger partial charge in [-0.25, -0.2) is 17.6 Å². The molecule has 0 bridgehead atoms. The number of oxime groups is 1. The number of carbonyl (C=O) groups is 3. The Labute approximate surface area is 330 Å². The van der Waals surface area contributed by atoms with Gasteiger partial charge in [-0.3, -0.25) is 14.5 Å². The van der Waals surface area contributed by atoms with E-state index in [1.165, 1.54) is 53.0 Å². The number of carbonyl (C=O) groups excluding carboxylic acids is 3. The molecule has 0 saturated carbocycles. The first-order valence-electron chi connectivity index (χ1n) is 18.4. The molecule has 13 nitrogen and oxygen atoms in total. The number of ether oxygens (including phenoxy) is 1. The molecule has 0 aromatic heterocycles. The van der Waals surface area contributed by atoms with Gasteiger partial charge in [-0.05, 0) is 79.5 Å². The Morgan fingerprint density at radius 1 is 0.893 bits per heavy atom. The summed E-state index contributed by atoms with van der Waals surface area (Å²) in [4.78, 5) is 42.1. The summed E-state index contributed by atoms with van der Waals surface area (Å²) in [7, 11) is -4.14. The van der Waals surface area contributed by atoms with E-state index in [1.807, 2.05) is 32.0 Å². The van der Waals surface area contributed by atoms with Crippen molar-refractivity contribution in [3.8, 4) is 0 Å². The van der Waals surface area contributed by atoms with Crippen LogP contribution in [0.15, 0.2) is 88.9 Å². The molecule has 3 amide bonds. The van der Waals surface area contributed by atoms with Gasteiger partial charge in [-0.2, -0.15) is 4.31 Å². The van der Waals surface area contributed by atoms with Crippen molar-refractivity contribution in [2.75, 3.05) is 19.6 Å². The van der Waals surface area contributed by atoms with Gasteiger partial charge in [-0.15, -0.1) is 0 Å². The predicted octanol–water partition coefficient (Wildman–Crippen LogP) is 5.34. The molecule has 0 fully saturated rings. The van der Waals surface area contributed by atoms with Crippen LogP contribution in [0.4, 0.5) is 9.18 Å². The number of hydrogen-bond donors (Lipinski definition) is 4. The van der Waals surface area contributed by atoms with Crippen LogP contribution in [-0.2, 0) is 37.3 Å². The molecule has 3 rings (SSSR count). The quantitative estimate of drug-likeness (QED) is 0.0804. The molecular weight excluding hydrogens is 742 g/mol. The van der Waals surface area contributed by atoms with Crippen molar-refractivity contribution in [2.45, 2.75) is 97.0 Å². The van der Waals surface area contributed by atoms with E-state index in [0.717, 1.165) is 10.5 Å².